The highest BCUT2D eigenvalue weighted by Gasteiger charge is 2.23. The molecule has 7 heteroatoms. The molecule has 3 rings (SSSR count). The molecule has 2 unspecified atom stereocenters. The van der Waals surface area contributed by atoms with Crippen molar-refractivity contribution in [3.63, 3.8) is 0 Å². The van der Waals surface area contributed by atoms with Gasteiger partial charge in [-0.2, -0.15) is 4.98 Å². The van der Waals surface area contributed by atoms with Crippen LogP contribution in [0.4, 0.5) is 10.3 Å². The van der Waals surface area contributed by atoms with Gasteiger partial charge in [0.15, 0.2) is 5.82 Å². The molecule has 3 heterocycles. The molecule has 1 aliphatic rings. The van der Waals surface area contributed by atoms with Gasteiger partial charge in [-0.15, -0.1) is 5.10 Å². The molecule has 0 aromatic carbocycles. The second-order valence-electron chi connectivity index (χ2n) is 5.22. The van der Waals surface area contributed by atoms with Gasteiger partial charge < -0.3 is 10.2 Å². The fourth-order valence-electron chi connectivity index (χ4n) is 2.51. The molecule has 2 N–H and O–H groups in total. The van der Waals surface area contributed by atoms with E-state index < -0.39 is 0 Å². The van der Waals surface area contributed by atoms with Crippen molar-refractivity contribution in [1.29, 1.82) is 0 Å². The molecule has 1 fully saturated rings. The van der Waals surface area contributed by atoms with Crippen LogP contribution >= 0.6 is 0 Å². The van der Waals surface area contributed by atoms with Crippen LogP contribution in [0.2, 0.25) is 0 Å². The second kappa shape index (κ2) is 5.16. The Balaban J connectivity index is 1.81. The molecule has 0 bridgehead atoms. The van der Waals surface area contributed by atoms with Crippen molar-refractivity contribution in [2.24, 2.45) is 0 Å². The molecule has 2 atom stereocenters. The first-order valence-corrected chi connectivity index (χ1v) is 6.67. The van der Waals surface area contributed by atoms with Crippen molar-refractivity contribution in [2.45, 2.75) is 25.9 Å². The van der Waals surface area contributed by atoms with Crippen molar-refractivity contribution < 1.29 is 4.39 Å². The van der Waals surface area contributed by atoms with E-state index in [2.05, 4.69) is 44.2 Å². The second-order valence-corrected chi connectivity index (χ2v) is 5.22. The molecule has 20 heavy (non-hydrogen) atoms. The van der Waals surface area contributed by atoms with Crippen molar-refractivity contribution in [3.8, 4) is 11.5 Å². The number of anilines is 1. The molecule has 0 radical (unpaired) electrons. The topological polar surface area (TPSA) is 69.7 Å². The molecular formula is C13H17FN6. The predicted molar refractivity (Wildman–Crippen MR) is 73.8 cm³/mol. The molecule has 0 amide bonds. The number of hydrogen-bond donors (Lipinski definition) is 2. The minimum Gasteiger partial charge on any atom is -0.336 e. The van der Waals surface area contributed by atoms with Crippen LogP contribution in [0.15, 0.2) is 18.3 Å². The standard InChI is InChI=1S/C13H17FN6/c1-8-6-20(7-9(2)16-8)13-17-12(18-19-13)11-4-3-10(14)5-15-11/h3-5,8-9,16H,6-7H2,1-2H3,(H,17,18,19). The van der Waals surface area contributed by atoms with E-state index in [1.165, 1.54) is 12.3 Å². The maximum absolute atomic E-state index is 12.9. The Kier molecular flexibility index (Phi) is 3.35. The number of piperazine rings is 1. The van der Waals surface area contributed by atoms with Gasteiger partial charge in [0.25, 0.3) is 0 Å². The first kappa shape index (κ1) is 13.0. The highest BCUT2D eigenvalue weighted by molar-refractivity contribution is 5.51. The summed E-state index contributed by atoms with van der Waals surface area (Å²) < 4.78 is 12.9. The van der Waals surface area contributed by atoms with Gasteiger partial charge >= 0.3 is 0 Å². The molecule has 6 nitrogen and oxygen atoms in total. The van der Waals surface area contributed by atoms with Gasteiger partial charge in [-0.1, -0.05) is 0 Å². The zero-order valence-corrected chi connectivity index (χ0v) is 11.5. The predicted octanol–water partition coefficient (Wildman–Crippen LogP) is 1.19. The van der Waals surface area contributed by atoms with Crippen LogP contribution < -0.4 is 10.2 Å². The number of aromatic nitrogens is 4. The Morgan fingerprint density at radius 2 is 2.00 bits per heavy atom. The molecule has 1 saturated heterocycles. The lowest BCUT2D eigenvalue weighted by Crippen LogP contribution is -2.54. The fourth-order valence-corrected chi connectivity index (χ4v) is 2.51. The number of nitrogens with one attached hydrogen (secondary N) is 2. The summed E-state index contributed by atoms with van der Waals surface area (Å²) in [6, 6.07) is 3.73. The summed E-state index contributed by atoms with van der Waals surface area (Å²) in [5, 5.41) is 10.6. The SMILES string of the molecule is CC1CN(c2n[nH]c(-c3ccc(F)cn3)n2)CC(C)N1. The van der Waals surface area contributed by atoms with Gasteiger partial charge in [0.05, 0.1) is 6.20 Å². The maximum Gasteiger partial charge on any atom is 0.245 e. The van der Waals surface area contributed by atoms with Crippen molar-refractivity contribution in [2.75, 3.05) is 18.0 Å². The third kappa shape index (κ3) is 2.62. The van der Waals surface area contributed by atoms with E-state index in [9.17, 15) is 4.39 Å². The Bertz CT molecular complexity index is 571. The molecule has 0 spiro atoms. The first-order chi connectivity index (χ1) is 9.61. The van der Waals surface area contributed by atoms with E-state index >= 15 is 0 Å². The van der Waals surface area contributed by atoms with Crippen molar-refractivity contribution in [1.82, 2.24) is 25.5 Å². The van der Waals surface area contributed by atoms with Gasteiger partial charge in [0.1, 0.15) is 11.5 Å². The summed E-state index contributed by atoms with van der Waals surface area (Å²) >= 11 is 0. The lowest BCUT2D eigenvalue weighted by Gasteiger charge is -2.35. The highest BCUT2D eigenvalue weighted by atomic mass is 19.1. The van der Waals surface area contributed by atoms with Crippen LogP contribution in [0, 0.1) is 5.82 Å². The van der Waals surface area contributed by atoms with Crippen molar-refractivity contribution >= 4 is 5.95 Å². The van der Waals surface area contributed by atoms with E-state index in [4.69, 9.17) is 0 Å². The highest BCUT2D eigenvalue weighted by Crippen LogP contribution is 2.17. The average molecular weight is 276 g/mol. The van der Waals surface area contributed by atoms with Gasteiger partial charge in [-0.3, -0.25) is 5.10 Å². The Morgan fingerprint density at radius 1 is 1.25 bits per heavy atom. The monoisotopic (exact) mass is 276 g/mol. The van der Waals surface area contributed by atoms with Gasteiger partial charge in [0, 0.05) is 25.2 Å². The maximum atomic E-state index is 12.9. The number of hydrogen-bond acceptors (Lipinski definition) is 5. The summed E-state index contributed by atoms with van der Waals surface area (Å²) in [5.41, 5.74) is 0.585. The van der Waals surface area contributed by atoms with E-state index in [1.54, 1.807) is 6.07 Å². The van der Waals surface area contributed by atoms with Crippen LogP contribution in [0.5, 0.6) is 0 Å². The minimum absolute atomic E-state index is 0.363. The van der Waals surface area contributed by atoms with E-state index in [1.807, 2.05) is 0 Å². The summed E-state index contributed by atoms with van der Waals surface area (Å²) in [6.45, 7) is 5.99. The molecular weight excluding hydrogens is 259 g/mol. The molecule has 0 aliphatic carbocycles. The summed E-state index contributed by atoms with van der Waals surface area (Å²) in [4.78, 5) is 10.6. The number of halogens is 1. The van der Waals surface area contributed by atoms with Crippen LogP contribution in [0.3, 0.4) is 0 Å². The van der Waals surface area contributed by atoms with Gasteiger partial charge in [-0.05, 0) is 26.0 Å². The lowest BCUT2D eigenvalue weighted by molar-refractivity contribution is 0.403. The first-order valence-electron chi connectivity index (χ1n) is 6.67. The number of H-pyrrole nitrogens is 1. The fraction of sp³-hybridized carbons (Fsp3) is 0.462. The molecule has 2 aromatic rings. The van der Waals surface area contributed by atoms with Crippen LogP contribution in [-0.4, -0.2) is 45.3 Å². The summed E-state index contributed by atoms with van der Waals surface area (Å²) in [5.74, 6) is 0.850. The number of aromatic amines is 1. The number of nitrogens with zero attached hydrogens (tertiary/aromatic N) is 4. The summed E-state index contributed by atoms with van der Waals surface area (Å²) in [6.07, 6.45) is 1.17. The van der Waals surface area contributed by atoms with Crippen LogP contribution in [0.1, 0.15) is 13.8 Å². The zero-order valence-electron chi connectivity index (χ0n) is 11.5. The molecule has 0 saturated carbocycles. The third-order valence-corrected chi connectivity index (χ3v) is 3.28. The minimum atomic E-state index is -0.363. The van der Waals surface area contributed by atoms with Gasteiger partial charge in [-0.25, -0.2) is 9.37 Å². The van der Waals surface area contributed by atoms with Crippen LogP contribution in [-0.2, 0) is 0 Å². The normalized spacial score (nSPS) is 23.1. The Labute approximate surface area is 116 Å². The largest absolute Gasteiger partial charge is 0.336 e. The Hall–Kier alpha value is -2.02. The number of pyridine rings is 1. The number of rotatable bonds is 2. The van der Waals surface area contributed by atoms with Crippen LogP contribution in [0.25, 0.3) is 11.5 Å². The van der Waals surface area contributed by atoms with E-state index in [0.29, 0.717) is 29.6 Å². The van der Waals surface area contributed by atoms with Crippen molar-refractivity contribution in [3.05, 3.63) is 24.1 Å². The smallest absolute Gasteiger partial charge is 0.245 e. The molecule has 2 aromatic heterocycles. The Morgan fingerprint density at radius 3 is 2.65 bits per heavy atom. The summed E-state index contributed by atoms with van der Waals surface area (Å²) in [7, 11) is 0. The van der Waals surface area contributed by atoms with Gasteiger partial charge in [0.2, 0.25) is 5.95 Å². The molecule has 1 aliphatic heterocycles. The van der Waals surface area contributed by atoms with E-state index in [-0.39, 0.29) is 5.82 Å². The average Bonchev–Trinajstić information content (AvgIpc) is 2.88. The lowest BCUT2D eigenvalue weighted by atomic mass is 10.1. The molecule has 106 valence electrons. The third-order valence-electron chi connectivity index (χ3n) is 3.28. The van der Waals surface area contributed by atoms with E-state index in [0.717, 1.165) is 13.1 Å². The quantitative estimate of drug-likeness (QED) is 0.862. The zero-order chi connectivity index (χ0) is 14.1.